The first-order chi connectivity index (χ1) is 6.15. The molecular formula is C12H17N. The van der Waals surface area contributed by atoms with Crippen LogP contribution >= 0.6 is 0 Å². The Kier molecular flexibility index (Phi) is 3.13. The van der Waals surface area contributed by atoms with Gasteiger partial charge in [-0.15, -0.1) is 0 Å². The summed E-state index contributed by atoms with van der Waals surface area (Å²) in [7, 11) is 0. The van der Waals surface area contributed by atoms with Gasteiger partial charge in [-0.2, -0.15) is 0 Å². The zero-order valence-electron chi connectivity index (χ0n) is 8.43. The number of nitrogens with two attached hydrogens (primary N) is 1. The zero-order chi connectivity index (χ0) is 9.84. The van der Waals surface area contributed by atoms with Crippen molar-refractivity contribution in [1.29, 1.82) is 0 Å². The second-order valence-corrected chi connectivity index (χ2v) is 3.44. The van der Waals surface area contributed by atoms with Gasteiger partial charge >= 0.3 is 0 Å². The molecule has 0 atom stereocenters. The summed E-state index contributed by atoms with van der Waals surface area (Å²) in [5, 5.41) is 0. The van der Waals surface area contributed by atoms with E-state index in [4.69, 9.17) is 5.73 Å². The Labute approximate surface area is 80.3 Å². The fourth-order valence-corrected chi connectivity index (χ4v) is 1.36. The molecule has 0 heterocycles. The van der Waals surface area contributed by atoms with Crippen molar-refractivity contribution in [2.45, 2.75) is 26.7 Å². The molecule has 0 saturated heterocycles. The summed E-state index contributed by atoms with van der Waals surface area (Å²) in [6.45, 7) is 8.04. The van der Waals surface area contributed by atoms with Crippen molar-refractivity contribution >= 4 is 11.3 Å². The Balaban J connectivity index is 2.98. The van der Waals surface area contributed by atoms with Crippen molar-refractivity contribution < 1.29 is 0 Å². The third kappa shape index (κ3) is 2.35. The average Bonchev–Trinajstić information content (AvgIpc) is 2.08. The molecule has 0 aliphatic heterocycles. The van der Waals surface area contributed by atoms with E-state index in [0.29, 0.717) is 0 Å². The Morgan fingerprint density at radius 1 is 1.46 bits per heavy atom. The Morgan fingerprint density at radius 3 is 2.62 bits per heavy atom. The molecule has 13 heavy (non-hydrogen) atoms. The van der Waals surface area contributed by atoms with Crippen LogP contribution in [0.15, 0.2) is 24.8 Å². The lowest BCUT2D eigenvalue weighted by Gasteiger charge is -2.06. The van der Waals surface area contributed by atoms with Gasteiger partial charge in [0.1, 0.15) is 0 Å². The molecule has 1 rings (SSSR count). The number of allylic oxidation sites excluding steroid dienone is 1. The van der Waals surface area contributed by atoms with E-state index in [2.05, 4.69) is 25.6 Å². The fraction of sp³-hybridized carbons (Fsp3) is 0.333. The summed E-state index contributed by atoms with van der Waals surface area (Å²) in [6.07, 6.45) is 2.19. The smallest absolute Gasteiger partial charge is 0.0352 e. The lowest BCUT2D eigenvalue weighted by atomic mass is 10.0. The number of benzene rings is 1. The first-order valence-electron chi connectivity index (χ1n) is 4.69. The van der Waals surface area contributed by atoms with E-state index in [-0.39, 0.29) is 0 Å². The summed E-state index contributed by atoms with van der Waals surface area (Å²) < 4.78 is 0. The molecular weight excluding hydrogens is 158 g/mol. The fourth-order valence-electron chi connectivity index (χ4n) is 1.36. The molecule has 0 bridgehead atoms. The van der Waals surface area contributed by atoms with Gasteiger partial charge < -0.3 is 5.73 Å². The SMILES string of the molecule is C=C(C)c1ccc(CCC)c(N)c1. The predicted molar refractivity (Wildman–Crippen MR) is 59.6 cm³/mol. The minimum Gasteiger partial charge on any atom is -0.398 e. The summed E-state index contributed by atoms with van der Waals surface area (Å²) in [6, 6.07) is 6.19. The van der Waals surface area contributed by atoms with Crippen molar-refractivity contribution in [3.63, 3.8) is 0 Å². The van der Waals surface area contributed by atoms with E-state index in [1.807, 2.05) is 13.0 Å². The zero-order valence-corrected chi connectivity index (χ0v) is 8.43. The van der Waals surface area contributed by atoms with Gasteiger partial charge in [0.05, 0.1) is 0 Å². The molecule has 1 heteroatoms. The first-order valence-corrected chi connectivity index (χ1v) is 4.69. The highest BCUT2D eigenvalue weighted by atomic mass is 14.6. The average molecular weight is 175 g/mol. The number of aryl methyl sites for hydroxylation is 1. The normalized spacial score (nSPS) is 10.0. The van der Waals surface area contributed by atoms with Crippen molar-refractivity contribution in [2.75, 3.05) is 5.73 Å². The maximum Gasteiger partial charge on any atom is 0.0352 e. The summed E-state index contributed by atoms with van der Waals surface area (Å²) >= 11 is 0. The lowest BCUT2D eigenvalue weighted by Crippen LogP contribution is -1.95. The number of nitrogen functional groups attached to an aromatic ring is 1. The monoisotopic (exact) mass is 175 g/mol. The third-order valence-electron chi connectivity index (χ3n) is 2.16. The topological polar surface area (TPSA) is 26.0 Å². The van der Waals surface area contributed by atoms with Gasteiger partial charge in [-0.1, -0.05) is 37.6 Å². The first kappa shape index (κ1) is 9.85. The largest absolute Gasteiger partial charge is 0.398 e. The maximum absolute atomic E-state index is 5.90. The van der Waals surface area contributed by atoms with Crippen LogP contribution in [0.5, 0.6) is 0 Å². The molecule has 0 aliphatic rings. The molecule has 1 nitrogen and oxygen atoms in total. The number of hydrogen-bond acceptors (Lipinski definition) is 1. The van der Waals surface area contributed by atoms with Crippen molar-refractivity contribution in [3.8, 4) is 0 Å². The van der Waals surface area contributed by atoms with Gasteiger partial charge in [-0.3, -0.25) is 0 Å². The Hall–Kier alpha value is -1.24. The van der Waals surface area contributed by atoms with Crippen LogP contribution in [-0.2, 0) is 6.42 Å². The molecule has 70 valence electrons. The van der Waals surface area contributed by atoms with Gasteiger partial charge in [-0.25, -0.2) is 0 Å². The van der Waals surface area contributed by atoms with Gasteiger partial charge in [0.15, 0.2) is 0 Å². The molecule has 0 fully saturated rings. The predicted octanol–water partition coefficient (Wildman–Crippen LogP) is 3.25. The van der Waals surface area contributed by atoms with Crippen LogP contribution in [0.2, 0.25) is 0 Å². The van der Waals surface area contributed by atoms with Crippen LogP contribution in [0.4, 0.5) is 5.69 Å². The van der Waals surface area contributed by atoms with Crippen molar-refractivity contribution in [3.05, 3.63) is 35.9 Å². The molecule has 0 spiro atoms. The van der Waals surface area contributed by atoms with Gasteiger partial charge in [0.2, 0.25) is 0 Å². The number of rotatable bonds is 3. The Morgan fingerprint density at radius 2 is 2.15 bits per heavy atom. The van der Waals surface area contributed by atoms with Crippen LogP contribution in [0.25, 0.3) is 5.57 Å². The molecule has 1 aromatic carbocycles. The van der Waals surface area contributed by atoms with E-state index in [1.165, 1.54) is 5.56 Å². The molecule has 0 amide bonds. The van der Waals surface area contributed by atoms with Crippen molar-refractivity contribution in [2.24, 2.45) is 0 Å². The van der Waals surface area contributed by atoms with Gasteiger partial charge in [0, 0.05) is 5.69 Å². The molecule has 1 aromatic rings. The summed E-state index contributed by atoms with van der Waals surface area (Å²) in [5.74, 6) is 0. The van der Waals surface area contributed by atoms with Crippen LogP contribution in [0.3, 0.4) is 0 Å². The van der Waals surface area contributed by atoms with Gasteiger partial charge in [-0.05, 0) is 30.5 Å². The molecule has 0 aromatic heterocycles. The number of anilines is 1. The highest BCUT2D eigenvalue weighted by molar-refractivity contribution is 5.66. The standard InChI is InChI=1S/C12H17N/c1-4-5-10-6-7-11(9(2)3)8-12(10)13/h6-8H,2,4-5,13H2,1,3H3. The van der Waals surface area contributed by atoms with Crippen LogP contribution in [-0.4, -0.2) is 0 Å². The van der Waals surface area contributed by atoms with E-state index >= 15 is 0 Å². The minimum absolute atomic E-state index is 0.891. The van der Waals surface area contributed by atoms with E-state index < -0.39 is 0 Å². The molecule has 0 unspecified atom stereocenters. The summed E-state index contributed by atoms with van der Waals surface area (Å²) in [4.78, 5) is 0. The highest BCUT2D eigenvalue weighted by Gasteiger charge is 1.99. The lowest BCUT2D eigenvalue weighted by molar-refractivity contribution is 0.924. The molecule has 2 N–H and O–H groups in total. The molecule has 0 aliphatic carbocycles. The van der Waals surface area contributed by atoms with Crippen LogP contribution in [0.1, 0.15) is 31.4 Å². The van der Waals surface area contributed by atoms with Crippen LogP contribution in [0, 0.1) is 0 Å². The molecule has 0 radical (unpaired) electrons. The highest BCUT2D eigenvalue weighted by Crippen LogP contribution is 2.20. The second kappa shape index (κ2) is 4.13. The summed E-state index contributed by atoms with van der Waals surface area (Å²) in [5.41, 5.74) is 10.2. The van der Waals surface area contributed by atoms with Crippen LogP contribution < -0.4 is 5.73 Å². The van der Waals surface area contributed by atoms with E-state index in [0.717, 1.165) is 29.7 Å². The second-order valence-electron chi connectivity index (χ2n) is 3.44. The van der Waals surface area contributed by atoms with Gasteiger partial charge in [0.25, 0.3) is 0 Å². The van der Waals surface area contributed by atoms with Crippen molar-refractivity contribution in [1.82, 2.24) is 0 Å². The minimum atomic E-state index is 0.891. The Bertz CT molecular complexity index is 313. The molecule has 0 saturated carbocycles. The quantitative estimate of drug-likeness (QED) is 0.701. The van der Waals surface area contributed by atoms with E-state index in [9.17, 15) is 0 Å². The maximum atomic E-state index is 5.90. The third-order valence-corrected chi connectivity index (χ3v) is 2.16. The van der Waals surface area contributed by atoms with E-state index in [1.54, 1.807) is 0 Å². The number of hydrogen-bond donors (Lipinski definition) is 1.